The lowest BCUT2D eigenvalue weighted by Crippen LogP contribution is -2.15. The summed E-state index contributed by atoms with van der Waals surface area (Å²) in [7, 11) is 0. The normalized spacial score (nSPS) is 20.9. The minimum absolute atomic E-state index is 0.887. The van der Waals surface area contributed by atoms with Crippen molar-refractivity contribution in [3.63, 3.8) is 0 Å². The average Bonchev–Trinajstić information content (AvgIpc) is 2.63. The number of hydrogen-bond donors (Lipinski definition) is 0. The van der Waals surface area contributed by atoms with E-state index in [-0.39, 0.29) is 0 Å². The molecule has 1 aliphatic carbocycles. The molecule has 0 atom stereocenters. The first-order chi connectivity index (χ1) is 11.7. The molecule has 0 spiro atoms. The Hall–Kier alpha value is -1.70. The summed E-state index contributed by atoms with van der Waals surface area (Å²) in [4.78, 5) is 9.19. The van der Waals surface area contributed by atoms with Crippen LogP contribution >= 0.6 is 0 Å². The van der Waals surface area contributed by atoms with E-state index in [9.17, 15) is 0 Å². The summed E-state index contributed by atoms with van der Waals surface area (Å²) in [6.07, 6.45) is 14.7. The van der Waals surface area contributed by atoms with Crippen molar-refractivity contribution in [1.29, 1.82) is 0 Å². The monoisotopic (exact) mass is 322 g/mol. The fraction of sp³-hybridized carbons (Fsp3) is 0.545. The molecule has 2 nitrogen and oxygen atoms in total. The molecule has 0 saturated heterocycles. The van der Waals surface area contributed by atoms with E-state index in [0.29, 0.717) is 0 Å². The first kappa shape index (κ1) is 17.1. The van der Waals surface area contributed by atoms with Crippen LogP contribution in [0, 0.1) is 18.8 Å². The molecule has 1 aliphatic rings. The molecule has 2 heteroatoms. The third-order valence-corrected chi connectivity index (χ3v) is 5.53. The highest BCUT2D eigenvalue weighted by Crippen LogP contribution is 2.33. The zero-order chi connectivity index (χ0) is 16.8. The maximum atomic E-state index is 4.60. The standard InChI is InChI=1S/C22H30N2/c1-3-4-18-7-9-19(10-8-18)11-14-22-23-15-21(16-24-22)20-12-5-17(2)6-13-20/h5-6,12-13,15-16,18-19H,3-4,7-11,14H2,1-2H3/t18-,19-. The van der Waals surface area contributed by atoms with E-state index in [0.717, 1.165) is 29.6 Å². The van der Waals surface area contributed by atoms with Crippen LogP contribution in [-0.2, 0) is 6.42 Å². The molecule has 24 heavy (non-hydrogen) atoms. The van der Waals surface area contributed by atoms with Crippen molar-refractivity contribution in [3.8, 4) is 11.1 Å². The maximum Gasteiger partial charge on any atom is 0.128 e. The van der Waals surface area contributed by atoms with Gasteiger partial charge in [0.1, 0.15) is 5.82 Å². The Labute approximate surface area is 146 Å². The molecule has 0 amide bonds. The van der Waals surface area contributed by atoms with Crippen molar-refractivity contribution in [2.45, 2.75) is 65.2 Å². The molecule has 0 unspecified atom stereocenters. The Balaban J connectivity index is 1.49. The van der Waals surface area contributed by atoms with E-state index in [1.165, 1.54) is 56.1 Å². The molecule has 1 fully saturated rings. The van der Waals surface area contributed by atoms with E-state index < -0.39 is 0 Å². The minimum Gasteiger partial charge on any atom is -0.241 e. The van der Waals surface area contributed by atoms with Crippen molar-refractivity contribution >= 4 is 0 Å². The fourth-order valence-corrected chi connectivity index (χ4v) is 3.93. The van der Waals surface area contributed by atoms with Crippen LogP contribution in [0.1, 0.15) is 63.3 Å². The van der Waals surface area contributed by atoms with Gasteiger partial charge in [-0.15, -0.1) is 0 Å². The van der Waals surface area contributed by atoms with Crippen LogP contribution in [0.15, 0.2) is 36.7 Å². The van der Waals surface area contributed by atoms with E-state index >= 15 is 0 Å². The Bertz CT molecular complexity index is 607. The molecule has 3 rings (SSSR count). The van der Waals surface area contributed by atoms with E-state index in [2.05, 4.69) is 48.1 Å². The Morgan fingerprint density at radius 1 is 0.833 bits per heavy atom. The lowest BCUT2D eigenvalue weighted by Gasteiger charge is -2.28. The molecular formula is C22H30N2. The third kappa shape index (κ3) is 4.66. The average molecular weight is 322 g/mol. The van der Waals surface area contributed by atoms with Crippen LogP contribution < -0.4 is 0 Å². The van der Waals surface area contributed by atoms with Crippen molar-refractivity contribution in [1.82, 2.24) is 9.97 Å². The second-order valence-electron chi connectivity index (χ2n) is 7.47. The van der Waals surface area contributed by atoms with E-state index in [1.54, 1.807) is 0 Å². The highest BCUT2D eigenvalue weighted by Gasteiger charge is 2.20. The summed E-state index contributed by atoms with van der Waals surface area (Å²) in [6, 6.07) is 8.56. The summed E-state index contributed by atoms with van der Waals surface area (Å²) < 4.78 is 0. The van der Waals surface area contributed by atoms with Crippen LogP contribution in [0.4, 0.5) is 0 Å². The predicted octanol–water partition coefficient (Wildman–Crippen LogP) is 5.99. The zero-order valence-electron chi connectivity index (χ0n) is 15.2. The minimum atomic E-state index is 0.887. The predicted molar refractivity (Wildman–Crippen MR) is 101 cm³/mol. The van der Waals surface area contributed by atoms with Crippen molar-refractivity contribution in [3.05, 3.63) is 48.0 Å². The molecule has 1 saturated carbocycles. The number of nitrogens with zero attached hydrogens (tertiary/aromatic N) is 2. The lowest BCUT2D eigenvalue weighted by molar-refractivity contribution is 0.251. The quantitative estimate of drug-likeness (QED) is 0.652. The molecule has 0 radical (unpaired) electrons. The smallest absolute Gasteiger partial charge is 0.128 e. The van der Waals surface area contributed by atoms with E-state index in [1.807, 2.05) is 12.4 Å². The molecule has 0 aliphatic heterocycles. The lowest BCUT2D eigenvalue weighted by atomic mass is 9.78. The molecule has 1 heterocycles. The largest absolute Gasteiger partial charge is 0.241 e. The van der Waals surface area contributed by atoms with Gasteiger partial charge in [0.05, 0.1) is 0 Å². The summed E-state index contributed by atoms with van der Waals surface area (Å²) >= 11 is 0. The van der Waals surface area contributed by atoms with Gasteiger partial charge in [-0.05, 0) is 30.7 Å². The summed E-state index contributed by atoms with van der Waals surface area (Å²) in [5.74, 6) is 2.89. The number of hydrogen-bond acceptors (Lipinski definition) is 2. The van der Waals surface area contributed by atoms with Gasteiger partial charge in [-0.3, -0.25) is 0 Å². The van der Waals surface area contributed by atoms with Crippen molar-refractivity contribution in [2.24, 2.45) is 11.8 Å². The van der Waals surface area contributed by atoms with Crippen molar-refractivity contribution in [2.75, 3.05) is 0 Å². The molecule has 0 N–H and O–H groups in total. The first-order valence-electron chi connectivity index (χ1n) is 9.62. The van der Waals surface area contributed by atoms with Gasteiger partial charge in [-0.2, -0.15) is 0 Å². The number of rotatable bonds is 6. The van der Waals surface area contributed by atoms with Gasteiger partial charge in [0.25, 0.3) is 0 Å². The molecule has 128 valence electrons. The Morgan fingerprint density at radius 2 is 1.42 bits per heavy atom. The Morgan fingerprint density at radius 3 is 2.00 bits per heavy atom. The SMILES string of the molecule is CCC[C@H]1CC[C@H](CCc2ncc(-c3ccc(C)cc3)cn2)CC1. The number of aryl methyl sites for hydroxylation is 2. The van der Waals surface area contributed by atoms with Gasteiger partial charge >= 0.3 is 0 Å². The topological polar surface area (TPSA) is 25.8 Å². The second-order valence-corrected chi connectivity index (χ2v) is 7.47. The first-order valence-corrected chi connectivity index (χ1v) is 9.62. The highest BCUT2D eigenvalue weighted by atomic mass is 14.9. The molecule has 1 aromatic carbocycles. The third-order valence-electron chi connectivity index (χ3n) is 5.53. The maximum absolute atomic E-state index is 4.60. The highest BCUT2D eigenvalue weighted by molar-refractivity contribution is 5.61. The summed E-state index contributed by atoms with van der Waals surface area (Å²) in [5.41, 5.74) is 3.59. The molecule has 1 aromatic heterocycles. The van der Waals surface area contributed by atoms with Gasteiger partial charge in [0, 0.05) is 24.4 Å². The molecule has 0 bridgehead atoms. The zero-order valence-corrected chi connectivity index (χ0v) is 15.2. The van der Waals surface area contributed by atoms with Crippen molar-refractivity contribution < 1.29 is 0 Å². The van der Waals surface area contributed by atoms with Crippen LogP contribution in [0.3, 0.4) is 0 Å². The second kappa shape index (κ2) is 8.41. The van der Waals surface area contributed by atoms with Gasteiger partial charge in [0.2, 0.25) is 0 Å². The fourth-order valence-electron chi connectivity index (χ4n) is 3.93. The van der Waals surface area contributed by atoms with Gasteiger partial charge in [-0.1, -0.05) is 75.3 Å². The van der Waals surface area contributed by atoms with Gasteiger partial charge in [-0.25, -0.2) is 9.97 Å². The Kier molecular flexibility index (Phi) is 6.01. The molecular weight excluding hydrogens is 292 g/mol. The summed E-state index contributed by atoms with van der Waals surface area (Å²) in [6.45, 7) is 4.42. The number of aromatic nitrogens is 2. The van der Waals surface area contributed by atoms with Gasteiger partial charge < -0.3 is 0 Å². The van der Waals surface area contributed by atoms with Crippen LogP contribution in [-0.4, -0.2) is 9.97 Å². The van der Waals surface area contributed by atoms with Crippen LogP contribution in [0.5, 0.6) is 0 Å². The number of benzene rings is 1. The summed E-state index contributed by atoms with van der Waals surface area (Å²) in [5, 5.41) is 0. The molecule has 2 aromatic rings. The van der Waals surface area contributed by atoms with Crippen LogP contribution in [0.2, 0.25) is 0 Å². The van der Waals surface area contributed by atoms with Crippen LogP contribution in [0.25, 0.3) is 11.1 Å². The van der Waals surface area contributed by atoms with E-state index in [4.69, 9.17) is 0 Å². The van der Waals surface area contributed by atoms with Gasteiger partial charge in [0.15, 0.2) is 0 Å².